The minimum absolute atomic E-state index is 0.0226. The second-order valence-electron chi connectivity index (χ2n) is 2.24. The lowest BCUT2D eigenvalue weighted by Gasteiger charge is -2.11. The summed E-state index contributed by atoms with van der Waals surface area (Å²) in [6.45, 7) is 0. The Bertz CT molecular complexity index is 339. The minimum Gasteiger partial charge on any atom is -0.545 e. The van der Waals surface area contributed by atoms with Crippen LogP contribution in [0.15, 0.2) is 18.2 Å². The first-order valence-corrected chi connectivity index (χ1v) is 3.59. The predicted octanol–water partition coefficient (Wildman–Crippen LogP) is 0.288. The summed E-state index contributed by atoms with van der Waals surface area (Å²) in [7, 11) is 0. The van der Waals surface area contributed by atoms with Crippen molar-refractivity contribution in [2.24, 2.45) is 0 Å². The van der Waals surface area contributed by atoms with Gasteiger partial charge in [0.2, 0.25) is 0 Å². The molecular weight excluding hydrogens is 198 g/mol. The monoisotopic (exact) mass is 202 g/mol. The highest BCUT2D eigenvalue weighted by atomic mass is 35.5. The van der Waals surface area contributed by atoms with Crippen molar-refractivity contribution in [2.45, 2.75) is 0 Å². The van der Waals surface area contributed by atoms with Gasteiger partial charge in [-0.1, -0.05) is 11.6 Å². The first-order chi connectivity index (χ1) is 6.02. The number of halogens is 1. The molecule has 0 aromatic heterocycles. The van der Waals surface area contributed by atoms with Crippen LogP contribution in [-0.4, -0.2) is 16.4 Å². The topological polar surface area (TPSA) is 83.8 Å². The van der Waals surface area contributed by atoms with Crippen molar-refractivity contribution < 1.29 is 20.3 Å². The molecule has 1 rings (SSSR count). The average Bonchev–Trinajstić information content (AvgIpc) is 2.04. The van der Waals surface area contributed by atoms with Crippen LogP contribution in [0, 0.1) is 0 Å². The van der Waals surface area contributed by atoms with Crippen LogP contribution in [0.1, 0.15) is 10.4 Å². The highest BCUT2D eigenvalue weighted by Gasteiger charge is 2.05. The van der Waals surface area contributed by atoms with E-state index in [1.165, 1.54) is 12.1 Å². The smallest absolute Gasteiger partial charge is 0.0950 e. The molecule has 0 aliphatic heterocycles. The Balaban J connectivity index is 3.19. The maximum Gasteiger partial charge on any atom is 0.0950 e. The van der Waals surface area contributed by atoms with Crippen molar-refractivity contribution in [1.29, 1.82) is 0 Å². The van der Waals surface area contributed by atoms with Crippen LogP contribution in [-0.2, 0) is 0 Å². The molecule has 2 N–H and O–H groups in total. The molecule has 0 saturated carbocycles. The number of carbonyl (C=O) groups is 1. The van der Waals surface area contributed by atoms with Crippen LogP contribution in [0.2, 0.25) is 5.02 Å². The summed E-state index contributed by atoms with van der Waals surface area (Å²) in [4.78, 5) is 10.4. The maximum absolute atomic E-state index is 10.4. The van der Waals surface area contributed by atoms with Crippen molar-refractivity contribution >= 4 is 23.3 Å². The fourth-order valence-corrected chi connectivity index (χ4v) is 0.989. The lowest BCUT2D eigenvalue weighted by Crippen LogP contribution is -2.23. The molecule has 0 spiro atoms. The quantitative estimate of drug-likeness (QED) is 0.674. The summed E-state index contributed by atoms with van der Waals surface area (Å²) < 4.78 is 0. The SMILES string of the molecule is O=C([O-])c1cc(N(O)O)ccc1Cl. The molecule has 0 aliphatic rings. The number of nitrogens with zero attached hydrogens (tertiary/aromatic N) is 1. The standard InChI is InChI=1S/C7H6ClNO4/c8-6-2-1-4(9(12)13)3-5(6)7(10)11/h1-3,12-13H,(H,10,11)/p-1. The number of hydrogen-bond donors (Lipinski definition) is 2. The van der Waals surface area contributed by atoms with E-state index < -0.39 is 5.97 Å². The zero-order chi connectivity index (χ0) is 10.0. The highest BCUT2D eigenvalue weighted by molar-refractivity contribution is 6.33. The maximum atomic E-state index is 10.4. The predicted molar refractivity (Wildman–Crippen MR) is 41.8 cm³/mol. The van der Waals surface area contributed by atoms with Crippen molar-refractivity contribution in [3.8, 4) is 0 Å². The number of carbonyl (C=O) groups excluding carboxylic acids is 1. The first-order valence-electron chi connectivity index (χ1n) is 3.21. The van der Waals surface area contributed by atoms with Crippen molar-refractivity contribution in [3.63, 3.8) is 0 Å². The van der Waals surface area contributed by atoms with E-state index >= 15 is 0 Å². The van der Waals surface area contributed by atoms with E-state index in [0.717, 1.165) is 6.07 Å². The van der Waals surface area contributed by atoms with Gasteiger partial charge in [0.25, 0.3) is 0 Å². The fourth-order valence-electron chi connectivity index (χ4n) is 0.794. The molecule has 6 heteroatoms. The Morgan fingerprint density at radius 2 is 2.08 bits per heavy atom. The molecule has 13 heavy (non-hydrogen) atoms. The van der Waals surface area contributed by atoms with Gasteiger partial charge in [-0.15, -0.1) is 5.23 Å². The summed E-state index contributed by atoms with van der Waals surface area (Å²) in [5, 5.41) is 27.3. The number of aromatic carboxylic acids is 1. The average molecular weight is 203 g/mol. The van der Waals surface area contributed by atoms with E-state index in [-0.39, 0.29) is 21.5 Å². The summed E-state index contributed by atoms with van der Waals surface area (Å²) in [6, 6.07) is 3.45. The number of anilines is 1. The molecule has 0 bridgehead atoms. The lowest BCUT2D eigenvalue weighted by atomic mass is 10.2. The Morgan fingerprint density at radius 1 is 1.46 bits per heavy atom. The molecule has 0 unspecified atom stereocenters. The Labute approximate surface area is 78.3 Å². The molecule has 70 valence electrons. The minimum atomic E-state index is -1.48. The highest BCUT2D eigenvalue weighted by Crippen LogP contribution is 2.21. The van der Waals surface area contributed by atoms with E-state index in [1.807, 2.05) is 0 Å². The Kier molecular flexibility index (Phi) is 2.72. The van der Waals surface area contributed by atoms with Crippen LogP contribution in [0.4, 0.5) is 5.69 Å². The van der Waals surface area contributed by atoms with Gasteiger partial charge in [-0.2, -0.15) is 0 Å². The van der Waals surface area contributed by atoms with Crippen LogP contribution >= 0.6 is 11.6 Å². The van der Waals surface area contributed by atoms with Gasteiger partial charge in [0, 0.05) is 10.6 Å². The zero-order valence-corrected chi connectivity index (χ0v) is 7.02. The molecular formula is C7H5ClNO4-. The largest absolute Gasteiger partial charge is 0.545 e. The van der Waals surface area contributed by atoms with Crippen LogP contribution in [0.25, 0.3) is 0 Å². The summed E-state index contributed by atoms with van der Waals surface area (Å²) in [5.74, 6) is -1.48. The number of hydrogen-bond acceptors (Lipinski definition) is 5. The summed E-state index contributed by atoms with van der Waals surface area (Å²) >= 11 is 5.49. The number of carboxylic acids is 1. The van der Waals surface area contributed by atoms with Crippen molar-refractivity contribution in [1.82, 2.24) is 0 Å². The lowest BCUT2D eigenvalue weighted by molar-refractivity contribution is -0.255. The van der Waals surface area contributed by atoms with Crippen molar-refractivity contribution in [3.05, 3.63) is 28.8 Å². The third-order valence-electron chi connectivity index (χ3n) is 1.40. The third-order valence-corrected chi connectivity index (χ3v) is 1.73. The number of benzene rings is 1. The molecule has 0 aliphatic carbocycles. The van der Waals surface area contributed by atoms with E-state index in [4.69, 9.17) is 22.0 Å². The molecule has 0 radical (unpaired) electrons. The Hall–Kier alpha value is -1.30. The van der Waals surface area contributed by atoms with Crippen LogP contribution in [0.3, 0.4) is 0 Å². The molecule has 1 aromatic carbocycles. The van der Waals surface area contributed by atoms with Crippen LogP contribution in [0.5, 0.6) is 0 Å². The molecule has 0 atom stereocenters. The van der Waals surface area contributed by atoms with Gasteiger partial charge in [0.1, 0.15) is 0 Å². The summed E-state index contributed by atoms with van der Waals surface area (Å²) in [6.07, 6.45) is 0. The van der Waals surface area contributed by atoms with Gasteiger partial charge in [-0.05, 0) is 18.2 Å². The molecule has 0 heterocycles. The fraction of sp³-hybridized carbons (Fsp3) is 0. The molecule has 5 nitrogen and oxygen atoms in total. The Morgan fingerprint density at radius 3 is 2.54 bits per heavy atom. The second-order valence-corrected chi connectivity index (χ2v) is 2.65. The van der Waals surface area contributed by atoms with Crippen molar-refractivity contribution in [2.75, 3.05) is 5.23 Å². The normalized spacial score (nSPS) is 9.77. The third kappa shape index (κ3) is 2.09. The second kappa shape index (κ2) is 3.61. The van der Waals surface area contributed by atoms with Gasteiger partial charge in [-0.25, -0.2) is 0 Å². The molecule has 1 aromatic rings. The summed E-state index contributed by atoms with van der Waals surface area (Å²) in [5.41, 5.74) is -0.407. The van der Waals surface area contributed by atoms with Gasteiger partial charge < -0.3 is 9.90 Å². The van der Waals surface area contributed by atoms with Gasteiger partial charge in [0.15, 0.2) is 0 Å². The first kappa shape index (κ1) is 9.79. The number of rotatable bonds is 2. The van der Waals surface area contributed by atoms with Gasteiger partial charge >= 0.3 is 0 Å². The zero-order valence-electron chi connectivity index (χ0n) is 6.27. The van der Waals surface area contributed by atoms with Gasteiger partial charge in [-0.3, -0.25) is 10.4 Å². The molecule has 0 amide bonds. The van der Waals surface area contributed by atoms with Crippen LogP contribution < -0.4 is 10.3 Å². The van der Waals surface area contributed by atoms with E-state index in [0.29, 0.717) is 0 Å². The van der Waals surface area contributed by atoms with E-state index in [9.17, 15) is 9.90 Å². The van der Waals surface area contributed by atoms with E-state index in [1.54, 1.807) is 0 Å². The molecule has 0 fully saturated rings. The molecule has 0 saturated heterocycles. The van der Waals surface area contributed by atoms with Gasteiger partial charge in [0.05, 0.1) is 11.7 Å². The van der Waals surface area contributed by atoms with E-state index in [2.05, 4.69) is 0 Å². The number of carboxylic acid groups (broad SMARTS) is 1.